The minimum absolute atomic E-state index is 0.476. The van der Waals surface area contributed by atoms with Gasteiger partial charge in [-0.05, 0) is 13.8 Å². The Morgan fingerprint density at radius 1 is 1.13 bits per heavy atom. The van der Waals surface area contributed by atoms with Crippen LogP contribution in [-0.4, -0.2) is 31.9 Å². The summed E-state index contributed by atoms with van der Waals surface area (Å²) in [6.45, 7) is 1.60. The summed E-state index contributed by atoms with van der Waals surface area (Å²) in [5, 5.41) is 0. The Hall–Kier alpha value is -0.360. The van der Waals surface area contributed by atoms with Crippen molar-refractivity contribution < 1.29 is 27.0 Å². The number of hydrogen-bond acceptors (Lipinski definition) is 2. The molecular formula is C9H16F4O2. The average molecular weight is 232 g/mol. The molecule has 0 amide bonds. The molecule has 0 aliphatic heterocycles. The van der Waals surface area contributed by atoms with E-state index in [1.807, 2.05) is 0 Å². The van der Waals surface area contributed by atoms with E-state index in [9.17, 15) is 17.6 Å². The summed E-state index contributed by atoms with van der Waals surface area (Å²) < 4.78 is 58.1. The maximum Gasteiger partial charge on any atom is 0.485 e. The molecule has 0 radical (unpaired) electrons. The predicted molar refractivity (Wildman–Crippen MR) is 47.2 cm³/mol. The molecule has 6 heteroatoms. The molecule has 15 heavy (non-hydrogen) atoms. The van der Waals surface area contributed by atoms with Crippen LogP contribution >= 0.6 is 0 Å². The first-order valence-electron chi connectivity index (χ1n) is 4.57. The van der Waals surface area contributed by atoms with Crippen LogP contribution in [0.3, 0.4) is 0 Å². The molecule has 2 nitrogen and oxygen atoms in total. The molecule has 0 aromatic rings. The van der Waals surface area contributed by atoms with Gasteiger partial charge >= 0.3 is 6.29 Å². The maximum absolute atomic E-state index is 12.8. The van der Waals surface area contributed by atoms with Gasteiger partial charge in [0.25, 0.3) is 0 Å². The van der Waals surface area contributed by atoms with E-state index in [0.29, 0.717) is 0 Å². The fourth-order valence-corrected chi connectivity index (χ4v) is 0.581. The summed E-state index contributed by atoms with van der Waals surface area (Å²) >= 11 is 0. The van der Waals surface area contributed by atoms with Gasteiger partial charge in [-0.2, -0.15) is 0 Å². The number of rotatable bonds is 7. The zero-order valence-corrected chi connectivity index (χ0v) is 9.03. The minimum atomic E-state index is -3.87. The fraction of sp³-hybridized carbons (Fsp3) is 1.00. The Morgan fingerprint density at radius 3 is 2.07 bits per heavy atom. The largest absolute Gasteiger partial charge is 0.485 e. The summed E-state index contributed by atoms with van der Waals surface area (Å²) in [6, 6.07) is 0. The van der Waals surface area contributed by atoms with Crippen LogP contribution in [0.4, 0.5) is 17.6 Å². The third-order valence-corrected chi connectivity index (χ3v) is 1.38. The molecule has 0 saturated heterocycles. The van der Waals surface area contributed by atoms with Crippen molar-refractivity contribution in [1.29, 1.82) is 0 Å². The van der Waals surface area contributed by atoms with E-state index in [4.69, 9.17) is 0 Å². The van der Waals surface area contributed by atoms with Gasteiger partial charge in [0, 0.05) is 5.92 Å². The molecule has 0 spiro atoms. The molecule has 0 N–H and O–H groups in total. The number of hydrogen-bond donors (Lipinski definition) is 0. The molecular weight excluding hydrogens is 216 g/mol. The van der Waals surface area contributed by atoms with Crippen LogP contribution in [0.15, 0.2) is 0 Å². The Kier molecular flexibility index (Phi) is 5.51. The second-order valence-electron chi connectivity index (χ2n) is 4.04. The third kappa shape index (κ3) is 8.62. The van der Waals surface area contributed by atoms with Crippen molar-refractivity contribution in [2.45, 2.75) is 32.7 Å². The summed E-state index contributed by atoms with van der Waals surface area (Å²) in [5.41, 5.74) is -1.86. The van der Waals surface area contributed by atoms with Gasteiger partial charge in [0.05, 0.1) is 19.9 Å². The van der Waals surface area contributed by atoms with Crippen molar-refractivity contribution in [3.05, 3.63) is 0 Å². The molecule has 0 aliphatic carbocycles. The lowest BCUT2D eigenvalue weighted by Gasteiger charge is -2.21. The van der Waals surface area contributed by atoms with Gasteiger partial charge in [-0.25, -0.2) is 4.39 Å². The van der Waals surface area contributed by atoms with E-state index in [-0.39, 0.29) is 0 Å². The molecule has 1 atom stereocenters. The van der Waals surface area contributed by atoms with Crippen molar-refractivity contribution in [3.63, 3.8) is 0 Å². The summed E-state index contributed by atoms with van der Waals surface area (Å²) in [6.07, 6.45) is -3.87. The summed E-state index contributed by atoms with van der Waals surface area (Å²) in [5.74, 6) is -0.641. The number of halogens is 4. The maximum atomic E-state index is 12.8. The van der Waals surface area contributed by atoms with Gasteiger partial charge in [0.15, 0.2) is 0 Å². The van der Waals surface area contributed by atoms with Crippen molar-refractivity contribution >= 4 is 0 Å². The highest BCUT2D eigenvalue weighted by Gasteiger charge is 2.35. The molecule has 0 fully saturated rings. The van der Waals surface area contributed by atoms with Crippen LogP contribution in [0.2, 0.25) is 0 Å². The quantitative estimate of drug-likeness (QED) is 0.496. The van der Waals surface area contributed by atoms with Crippen LogP contribution < -0.4 is 0 Å². The van der Waals surface area contributed by atoms with Crippen molar-refractivity contribution in [1.82, 2.24) is 0 Å². The van der Waals surface area contributed by atoms with Crippen LogP contribution in [0, 0.1) is 5.92 Å². The molecule has 0 aromatic heterocycles. The predicted octanol–water partition coefficient (Wildman–Crippen LogP) is 2.92. The van der Waals surface area contributed by atoms with Crippen LogP contribution in [-0.2, 0) is 9.47 Å². The zero-order valence-electron chi connectivity index (χ0n) is 9.03. The van der Waals surface area contributed by atoms with E-state index >= 15 is 0 Å². The number of alkyl halides is 4. The first-order chi connectivity index (χ1) is 6.66. The average Bonchev–Trinajstić information content (AvgIpc) is 2.10. The molecule has 0 aromatic carbocycles. The molecule has 0 aliphatic rings. The minimum Gasteiger partial charge on any atom is -0.295 e. The Morgan fingerprint density at radius 2 is 1.67 bits per heavy atom. The van der Waals surface area contributed by atoms with Crippen LogP contribution in [0.1, 0.15) is 20.8 Å². The zero-order chi connectivity index (χ0) is 12.1. The topological polar surface area (TPSA) is 18.5 Å². The standard InChI is InChI=1S/C9H16F4O2/c1-7(4-10)5-14-9(12,13)15-6-8(2,3)11/h7H,4-6H2,1-3H3. The fourth-order valence-electron chi connectivity index (χ4n) is 0.581. The highest BCUT2D eigenvalue weighted by Crippen LogP contribution is 2.21. The molecule has 0 bridgehead atoms. The first kappa shape index (κ1) is 14.6. The highest BCUT2D eigenvalue weighted by atomic mass is 19.3. The van der Waals surface area contributed by atoms with Gasteiger partial charge in [-0.3, -0.25) is 13.9 Å². The first-order valence-corrected chi connectivity index (χ1v) is 4.57. The second kappa shape index (κ2) is 5.65. The van der Waals surface area contributed by atoms with Crippen molar-refractivity contribution in [3.8, 4) is 0 Å². The second-order valence-corrected chi connectivity index (χ2v) is 4.04. The van der Waals surface area contributed by atoms with Crippen molar-refractivity contribution in [2.75, 3.05) is 19.9 Å². The van der Waals surface area contributed by atoms with E-state index in [1.165, 1.54) is 6.92 Å². The third-order valence-electron chi connectivity index (χ3n) is 1.38. The molecule has 1 unspecified atom stereocenters. The summed E-state index contributed by atoms with van der Waals surface area (Å²) in [7, 11) is 0. The van der Waals surface area contributed by atoms with Crippen LogP contribution in [0.5, 0.6) is 0 Å². The molecule has 0 rings (SSSR count). The smallest absolute Gasteiger partial charge is 0.295 e. The lowest BCUT2D eigenvalue weighted by molar-refractivity contribution is -0.400. The van der Waals surface area contributed by atoms with Crippen molar-refractivity contribution in [2.24, 2.45) is 5.92 Å². The van der Waals surface area contributed by atoms with Gasteiger partial charge in [-0.1, -0.05) is 6.92 Å². The molecule has 0 saturated carbocycles. The van der Waals surface area contributed by atoms with E-state index in [1.54, 1.807) is 0 Å². The Bertz CT molecular complexity index is 179. The molecule has 0 heterocycles. The lowest BCUT2D eigenvalue weighted by atomic mass is 10.2. The van der Waals surface area contributed by atoms with Gasteiger partial charge < -0.3 is 0 Å². The number of ether oxygens (including phenoxy) is 2. The van der Waals surface area contributed by atoms with Crippen LogP contribution in [0.25, 0.3) is 0 Å². The van der Waals surface area contributed by atoms with E-state index in [0.717, 1.165) is 13.8 Å². The normalized spacial score (nSPS) is 15.4. The Labute approximate surface area is 86.5 Å². The van der Waals surface area contributed by atoms with Gasteiger partial charge in [-0.15, -0.1) is 8.78 Å². The SMILES string of the molecule is CC(CF)COC(F)(F)OCC(C)(C)F. The van der Waals surface area contributed by atoms with Gasteiger partial charge in [0.2, 0.25) is 0 Å². The van der Waals surface area contributed by atoms with Gasteiger partial charge in [0.1, 0.15) is 5.67 Å². The monoisotopic (exact) mass is 232 g/mol. The van der Waals surface area contributed by atoms with E-state index in [2.05, 4.69) is 9.47 Å². The van der Waals surface area contributed by atoms with E-state index < -0.39 is 37.8 Å². The Balaban J connectivity index is 3.86. The highest BCUT2D eigenvalue weighted by molar-refractivity contribution is 4.64. The lowest BCUT2D eigenvalue weighted by Crippen LogP contribution is -2.33. The molecule has 92 valence electrons. The summed E-state index contributed by atoms with van der Waals surface area (Å²) in [4.78, 5) is 0.